The first kappa shape index (κ1) is 17.7. The second-order valence-corrected chi connectivity index (χ2v) is 6.47. The summed E-state index contributed by atoms with van der Waals surface area (Å²) < 4.78 is 5.16. The van der Waals surface area contributed by atoms with Gasteiger partial charge in [-0.2, -0.15) is 0 Å². The molecule has 0 radical (unpaired) electrons. The molecule has 0 saturated heterocycles. The molecule has 5 nitrogen and oxygen atoms in total. The topological polar surface area (TPSA) is 63.7 Å². The molecule has 0 spiro atoms. The van der Waals surface area contributed by atoms with Crippen molar-refractivity contribution in [3.8, 4) is 11.1 Å². The zero-order valence-corrected chi connectivity index (χ0v) is 15.0. The van der Waals surface area contributed by atoms with Crippen molar-refractivity contribution < 1.29 is 19.1 Å². The quantitative estimate of drug-likeness (QED) is 0.507. The summed E-state index contributed by atoms with van der Waals surface area (Å²) in [5.74, 6) is -1.38. The van der Waals surface area contributed by atoms with Gasteiger partial charge in [0.05, 0.1) is 17.5 Å². The maximum absolute atomic E-state index is 12.3. The van der Waals surface area contributed by atoms with Gasteiger partial charge >= 0.3 is 5.97 Å². The standard InChI is InChI=1S/C23H17NO4/c25-21(14-16-10-12-18(13-11-16)17-6-2-1-3-7-17)28-15-24-22(26)19-8-4-5-9-20(19)23(24)27/h1-13H,14-15H2. The van der Waals surface area contributed by atoms with Crippen molar-refractivity contribution in [1.29, 1.82) is 0 Å². The van der Waals surface area contributed by atoms with Crippen molar-refractivity contribution in [2.24, 2.45) is 0 Å². The van der Waals surface area contributed by atoms with Crippen LogP contribution in [0.5, 0.6) is 0 Å². The summed E-state index contributed by atoms with van der Waals surface area (Å²) in [5, 5.41) is 0. The summed E-state index contributed by atoms with van der Waals surface area (Å²) in [6, 6.07) is 24.1. The van der Waals surface area contributed by atoms with Crippen LogP contribution in [0, 0.1) is 0 Å². The number of amides is 2. The number of ether oxygens (including phenoxy) is 1. The van der Waals surface area contributed by atoms with E-state index in [4.69, 9.17) is 4.74 Å². The third-order valence-corrected chi connectivity index (χ3v) is 4.64. The highest BCUT2D eigenvalue weighted by Gasteiger charge is 2.35. The van der Waals surface area contributed by atoms with Gasteiger partial charge in [-0.3, -0.25) is 14.4 Å². The van der Waals surface area contributed by atoms with Gasteiger partial charge in [0.2, 0.25) is 0 Å². The molecule has 1 aliphatic rings. The van der Waals surface area contributed by atoms with E-state index in [1.165, 1.54) is 0 Å². The smallest absolute Gasteiger partial charge is 0.311 e. The molecule has 138 valence electrons. The summed E-state index contributed by atoms with van der Waals surface area (Å²) in [6.45, 7) is -0.382. The van der Waals surface area contributed by atoms with Crippen molar-refractivity contribution in [3.05, 3.63) is 95.6 Å². The summed E-state index contributed by atoms with van der Waals surface area (Å²) in [6.07, 6.45) is 0.0677. The minimum atomic E-state index is -0.496. The van der Waals surface area contributed by atoms with Crippen LogP contribution in [0.15, 0.2) is 78.9 Å². The number of benzene rings is 3. The number of nitrogens with zero attached hydrogens (tertiary/aromatic N) is 1. The summed E-state index contributed by atoms with van der Waals surface area (Å²) in [7, 11) is 0. The molecule has 3 aromatic rings. The van der Waals surface area contributed by atoms with Gasteiger partial charge in [-0.05, 0) is 28.8 Å². The number of hydrogen-bond donors (Lipinski definition) is 0. The van der Waals surface area contributed by atoms with E-state index in [1.807, 2.05) is 54.6 Å². The van der Waals surface area contributed by atoms with E-state index in [0.29, 0.717) is 11.1 Å². The first-order valence-electron chi connectivity index (χ1n) is 8.89. The van der Waals surface area contributed by atoms with E-state index in [9.17, 15) is 14.4 Å². The highest BCUT2D eigenvalue weighted by Crippen LogP contribution is 2.22. The Morgan fingerprint density at radius 1 is 0.714 bits per heavy atom. The third kappa shape index (κ3) is 3.42. The van der Waals surface area contributed by atoms with Crippen molar-refractivity contribution in [2.75, 3.05) is 6.73 Å². The van der Waals surface area contributed by atoms with Gasteiger partial charge in [0.1, 0.15) is 0 Å². The molecule has 3 aromatic carbocycles. The first-order chi connectivity index (χ1) is 13.6. The normalized spacial score (nSPS) is 12.8. The fourth-order valence-electron chi connectivity index (χ4n) is 3.16. The third-order valence-electron chi connectivity index (χ3n) is 4.64. The molecule has 0 aromatic heterocycles. The van der Waals surface area contributed by atoms with Crippen LogP contribution in [0.2, 0.25) is 0 Å². The average molecular weight is 371 g/mol. The van der Waals surface area contributed by atoms with Crippen LogP contribution in [0.1, 0.15) is 26.3 Å². The monoisotopic (exact) mass is 371 g/mol. The summed E-state index contributed by atoms with van der Waals surface area (Å²) in [4.78, 5) is 37.6. The number of carbonyl (C=O) groups is 3. The van der Waals surface area contributed by atoms with Crippen molar-refractivity contribution in [1.82, 2.24) is 4.90 Å². The van der Waals surface area contributed by atoms with E-state index >= 15 is 0 Å². The second-order valence-electron chi connectivity index (χ2n) is 6.47. The lowest BCUT2D eigenvalue weighted by Gasteiger charge is -2.14. The Hall–Kier alpha value is -3.73. The maximum Gasteiger partial charge on any atom is 0.311 e. The van der Waals surface area contributed by atoms with Crippen LogP contribution in [0.3, 0.4) is 0 Å². The van der Waals surface area contributed by atoms with Crippen LogP contribution in [-0.2, 0) is 16.0 Å². The zero-order valence-electron chi connectivity index (χ0n) is 15.0. The maximum atomic E-state index is 12.3. The van der Waals surface area contributed by atoms with Gasteiger partial charge in [0, 0.05) is 0 Å². The number of carbonyl (C=O) groups excluding carboxylic acids is 3. The Morgan fingerprint density at radius 2 is 1.25 bits per heavy atom. The number of imide groups is 1. The minimum absolute atomic E-state index is 0.0677. The van der Waals surface area contributed by atoms with Crippen molar-refractivity contribution in [2.45, 2.75) is 6.42 Å². The zero-order chi connectivity index (χ0) is 19.5. The Balaban J connectivity index is 1.35. The highest BCUT2D eigenvalue weighted by atomic mass is 16.5. The highest BCUT2D eigenvalue weighted by molar-refractivity contribution is 6.21. The Kier molecular flexibility index (Phi) is 4.72. The van der Waals surface area contributed by atoms with Crippen molar-refractivity contribution in [3.63, 3.8) is 0 Å². The Morgan fingerprint density at radius 3 is 1.86 bits per heavy atom. The molecule has 0 unspecified atom stereocenters. The molecular weight excluding hydrogens is 354 g/mol. The fourth-order valence-corrected chi connectivity index (χ4v) is 3.16. The van der Waals surface area contributed by atoms with Gasteiger partial charge in [-0.15, -0.1) is 0 Å². The average Bonchev–Trinajstić information content (AvgIpc) is 2.98. The lowest BCUT2D eigenvalue weighted by molar-refractivity contribution is -0.145. The lowest BCUT2D eigenvalue weighted by Crippen LogP contribution is -2.33. The van der Waals surface area contributed by atoms with Gasteiger partial charge in [-0.1, -0.05) is 66.7 Å². The van der Waals surface area contributed by atoms with Crippen LogP contribution >= 0.6 is 0 Å². The largest absolute Gasteiger partial charge is 0.443 e. The molecule has 1 aliphatic heterocycles. The van der Waals surface area contributed by atoms with E-state index in [0.717, 1.165) is 21.6 Å². The predicted molar refractivity (Wildman–Crippen MR) is 103 cm³/mol. The Bertz CT molecular complexity index is 1010. The molecule has 5 heteroatoms. The minimum Gasteiger partial charge on any atom is -0.443 e. The van der Waals surface area contributed by atoms with E-state index < -0.39 is 17.8 Å². The number of hydrogen-bond acceptors (Lipinski definition) is 4. The first-order valence-corrected chi connectivity index (χ1v) is 8.89. The van der Waals surface area contributed by atoms with E-state index in [2.05, 4.69) is 0 Å². The SMILES string of the molecule is O=C(Cc1ccc(-c2ccccc2)cc1)OCN1C(=O)c2ccccc2C1=O. The van der Waals surface area contributed by atoms with Gasteiger partial charge in [0.15, 0.2) is 6.73 Å². The molecule has 28 heavy (non-hydrogen) atoms. The summed E-state index contributed by atoms with van der Waals surface area (Å²) >= 11 is 0. The molecule has 0 bridgehead atoms. The van der Waals surface area contributed by atoms with Gasteiger partial charge in [-0.25, -0.2) is 4.90 Å². The molecule has 0 atom stereocenters. The molecule has 0 fully saturated rings. The molecule has 1 heterocycles. The van der Waals surface area contributed by atoms with Crippen LogP contribution < -0.4 is 0 Å². The molecule has 0 saturated carbocycles. The van der Waals surface area contributed by atoms with Gasteiger partial charge in [0.25, 0.3) is 11.8 Å². The molecule has 0 aliphatic carbocycles. The van der Waals surface area contributed by atoms with Crippen LogP contribution in [-0.4, -0.2) is 29.4 Å². The second kappa shape index (κ2) is 7.48. The predicted octanol–water partition coefficient (Wildman–Crippen LogP) is 3.69. The molecule has 4 rings (SSSR count). The molecular formula is C23H17NO4. The van der Waals surface area contributed by atoms with Crippen molar-refractivity contribution >= 4 is 17.8 Å². The Labute approximate surface area is 162 Å². The summed E-state index contributed by atoms with van der Waals surface area (Å²) in [5.41, 5.74) is 3.62. The van der Waals surface area contributed by atoms with E-state index in [1.54, 1.807) is 24.3 Å². The fraction of sp³-hybridized carbons (Fsp3) is 0.0870. The van der Waals surface area contributed by atoms with Gasteiger partial charge < -0.3 is 4.74 Å². The lowest BCUT2D eigenvalue weighted by atomic mass is 10.0. The number of rotatable bonds is 5. The number of fused-ring (bicyclic) bond motifs is 1. The van der Waals surface area contributed by atoms with Crippen LogP contribution in [0.4, 0.5) is 0 Å². The molecule has 2 amide bonds. The number of esters is 1. The molecule has 0 N–H and O–H groups in total. The van der Waals surface area contributed by atoms with Crippen LogP contribution in [0.25, 0.3) is 11.1 Å². The van der Waals surface area contributed by atoms with E-state index in [-0.39, 0.29) is 13.2 Å².